The van der Waals surface area contributed by atoms with Crippen molar-refractivity contribution in [2.75, 3.05) is 13.2 Å². The highest BCUT2D eigenvalue weighted by molar-refractivity contribution is 5.92. The van der Waals surface area contributed by atoms with E-state index < -0.39 is 23.5 Å². The van der Waals surface area contributed by atoms with Gasteiger partial charge in [0.05, 0.1) is 6.61 Å². The lowest BCUT2D eigenvalue weighted by molar-refractivity contribution is -0.338. The van der Waals surface area contributed by atoms with Gasteiger partial charge in [-0.1, -0.05) is 24.3 Å². The second-order valence-corrected chi connectivity index (χ2v) is 5.42. The average molecular weight is 303 g/mol. The molecule has 2 unspecified atom stereocenters. The van der Waals surface area contributed by atoms with Gasteiger partial charge in [-0.2, -0.15) is 0 Å². The van der Waals surface area contributed by atoms with Gasteiger partial charge in [0.25, 0.3) is 5.79 Å². The lowest BCUT2D eigenvalue weighted by Crippen LogP contribution is -2.68. The van der Waals surface area contributed by atoms with Crippen molar-refractivity contribution in [1.29, 1.82) is 0 Å². The lowest BCUT2D eigenvalue weighted by Gasteiger charge is -2.49. The first-order valence-electron chi connectivity index (χ1n) is 7.06. The maximum atomic E-state index is 12.0. The van der Waals surface area contributed by atoms with Crippen LogP contribution in [0.3, 0.4) is 0 Å². The van der Waals surface area contributed by atoms with E-state index in [1.807, 2.05) is 25.1 Å². The zero-order chi connectivity index (χ0) is 15.8. The quantitative estimate of drug-likeness (QED) is 0.784. The summed E-state index contributed by atoms with van der Waals surface area (Å²) in [7, 11) is 0. The molecule has 1 fully saturated rings. The number of hydrogen-bond acceptors (Lipinski definition) is 6. The largest absolute Gasteiger partial charge is 0.433 e. The van der Waals surface area contributed by atoms with E-state index in [0.29, 0.717) is 18.7 Å². The van der Waals surface area contributed by atoms with E-state index >= 15 is 0 Å². The van der Waals surface area contributed by atoms with Gasteiger partial charge < -0.3 is 14.2 Å². The van der Waals surface area contributed by atoms with Gasteiger partial charge in [0.15, 0.2) is 0 Å². The summed E-state index contributed by atoms with van der Waals surface area (Å²) in [5.74, 6) is -2.82. The van der Waals surface area contributed by atoms with Crippen LogP contribution in [0.4, 0.5) is 0 Å². The topological polar surface area (TPSA) is 73.9 Å². The Kier molecular flexibility index (Phi) is 3.50. The molecule has 2 aliphatic rings. The molecule has 0 aromatic heterocycles. The molecule has 0 radical (unpaired) electrons. The van der Waals surface area contributed by atoms with Gasteiger partial charge >= 0.3 is 11.9 Å². The number of rotatable bonds is 1. The van der Waals surface area contributed by atoms with Crippen LogP contribution in [0, 0.1) is 6.92 Å². The summed E-state index contributed by atoms with van der Waals surface area (Å²) in [4.78, 5) is 23.9. The molecular weight excluding hydrogens is 286 g/mol. The minimum Gasteiger partial charge on any atom is -0.433 e. The van der Waals surface area contributed by atoms with Crippen LogP contribution in [0.1, 0.15) is 18.1 Å². The molecule has 116 valence electrons. The normalized spacial score (nSPS) is 33.0. The Balaban J connectivity index is 2.21. The third kappa shape index (κ3) is 2.20. The summed E-state index contributed by atoms with van der Waals surface area (Å²) in [5.41, 5.74) is 0.182. The second-order valence-electron chi connectivity index (χ2n) is 5.42. The zero-order valence-corrected chi connectivity index (χ0v) is 12.4. The van der Waals surface area contributed by atoms with Gasteiger partial charge in [-0.3, -0.25) is 5.32 Å². The van der Waals surface area contributed by atoms with E-state index in [0.717, 1.165) is 17.7 Å². The van der Waals surface area contributed by atoms with Gasteiger partial charge in [0.2, 0.25) is 5.72 Å². The molecule has 2 atom stereocenters. The third-order valence-corrected chi connectivity index (χ3v) is 3.90. The first kappa shape index (κ1) is 14.7. The van der Waals surface area contributed by atoms with Crippen LogP contribution >= 0.6 is 0 Å². The van der Waals surface area contributed by atoms with Crippen molar-refractivity contribution < 1.29 is 23.8 Å². The SMILES string of the molecule is Cc1ccccc1C12OCCNC1(C)OC(=O)/C=C/C(=O)O2. The number of esters is 2. The van der Waals surface area contributed by atoms with E-state index in [9.17, 15) is 9.59 Å². The number of fused-ring (bicyclic) bond motifs is 1. The summed E-state index contributed by atoms with van der Waals surface area (Å²) in [6.45, 7) is 4.31. The van der Waals surface area contributed by atoms with Crippen molar-refractivity contribution in [2.24, 2.45) is 0 Å². The number of hydrogen-bond donors (Lipinski definition) is 1. The Labute approximate surface area is 128 Å². The summed E-state index contributed by atoms with van der Waals surface area (Å²) in [5, 5.41) is 3.10. The molecule has 6 heteroatoms. The first-order valence-corrected chi connectivity index (χ1v) is 7.06. The van der Waals surface area contributed by atoms with E-state index in [4.69, 9.17) is 14.2 Å². The number of nitrogens with one attached hydrogen (secondary N) is 1. The lowest BCUT2D eigenvalue weighted by atomic mass is 9.90. The van der Waals surface area contributed by atoms with Crippen molar-refractivity contribution in [1.82, 2.24) is 5.32 Å². The number of carbonyl (C=O) groups excluding carboxylic acids is 2. The maximum Gasteiger partial charge on any atom is 0.334 e. The van der Waals surface area contributed by atoms with Gasteiger partial charge in [-0.25, -0.2) is 9.59 Å². The average Bonchev–Trinajstić information content (AvgIpc) is 2.47. The molecule has 2 aliphatic heterocycles. The molecule has 0 aliphatic carbocycles. The van der Waals surface area contributed by atoms with Crippen LogP contribution in [0.5, 0.6) is 0 Å². The van der Waals surface area contributed by atoms with E-state index in [-0.39, 0.29) is 0 Å². The summed E-state index contributed by atoms with van der Waals surface area (Å²) in [6, 6.07) is 7.37. The van der Waals surface area contributed by atoms with Crippen molar-refractivity contribution in [3.05, 3.63) is 47.5 Å². The number of ether oxygens (including phenoxy) is 3. The van der Waals surface area contributed by atoms with Crippen LogP contribution < -0.4 is 5.32 Å². The van der Waals surface area contributed by atoms with Crippen molar-refractivity contribution in [3.8, 4) is 0 Å². The number of carbonyl (C=O) groups is 2. The molecule has 22 heavy (non-hydrogen) atoms. The Morgan fingerprint density at radius 3 is 2.50 bits per heavy atom. The molecule has 0 saturated carbocycles. The summed E-state index contributed by atoms with van der Waals surface area (Å²) in [6.07, 6.45) is 2.09. The molecule has 0 spiro atoms. The molecular formula is C16H17NO5. The number of aryl methyl sites for hydroxylation is 1. The monoisotopic (exact) mass is 303 g/mol. The van der Waals surface area contributed by atoms with E-state index in [1.165, 1.54) is 0 Å². The van der Waals surface area contributed by atoms with Crippen molar-refractivity contribution in [2.45, 2.75) is 25.4 Å². The van der Waals surface area contributed by atoms with Crippen LogP contribution in [-0.2, 0) is 29.6 Å². The molecule has 1 saturated heterocycles. The minimum atomic E-state index is -1.53. The third-order valence-electron chi connectivity index (χ3n) is 3.90. The first-order chi connectivity index (χ1) is 10.5. The van der Waals surface area contributed by atoms with Gasteiger partial charge in [-0.15, -0.1) is 0 Å². The molecule has 0 bridgehead atoms. The fourth-order valence-corrected chi connectivity index (χ4v) is 2.85. The summed E-state index contributed by atoms with van der Waals surface area (Å²) >= 11 is 0. The minimum absolute atomic E-state index is 0.318. The maximum absolute atomic E-state index is 12.0. The Morgan fingerprint density at radius 2 is 1.77 bits per heavy atom. The number of morpholine rings is 1. The fourth-order valence-electron chi connectivity index (χ4n) is 2.85. The number of benzene rings is 1. The Hall–Kier alpha value is -2.18. The standard InChI is InChI=1S/C16H17NO5/c1-11-5-3-4-6-12(11)16-15(2,17-9-10-20-16)21-13(18)7-8-14(19)22-16/h3-8,17H,9-10H2,1-2H3/b8-7+. The molecule has 6 nitrogen and oxygen atoms in total. The van der Waals surface area contributed by atoms with Gasteiger partial charge in [-0.05, 0) is 19.4 Å². The predicted octanol–water partition coefficient (Wildman–Crippen LogP) is 1.14. The van der Waals surface area contributed by atoms with Crippen LogP contribution in [0.25, 0.3) is 0 Å². The molecule has 1 aromatic carbocycles. The van der Waals surface area contributed by atoms with Crippen LogP contribution in [0.2, 0.25) is 0 Å². The predicted molar refractivity (Wildman–Crippen MR) is 76.5 cm³/mol. The van der Waals surface area contributed by atoms with Crippen LogP contribution in [0.15, 0.2) is 36.4 Å². The van der Waals surface area contributed by atoms with Crippen LogP contribution in [-0.4, -0.2) is 30.8 Å². The smallest absolute Gasteiger partial charge is 0.334 e. The summed E-state index contributed by atoms with van der Waals surface area (Å²) < 4.78 is 17.0. The van der Waals surface area contributed by atoms with Crippen molar-refractivity contribution >= 4 is 11.9 Å². The highest BCUT2D eigenvalue weighted by Crippen LogP contribution is 2.43. The molecule has 1 N–H and O–H groups in total. The highest BCUT2D eigenvalue weighted by Gasteiger charge is 2.60. The van der Waals surface area contributed by atoms with Gasteiger partial charge in [0, 0.05) is 24.3 Å². The molecule has 3 rings (SSSR count). The molecule has 0 amide bonds. The second kappa shape index (κ2) is 5.23. The Bertz CT molecular complexity index is 656. The molecule has 1 aromatic rings. The van der Waals surface area contributed by atoms with E-state index in [1.54, 1.807) is 13.0 Å². The highest BCUT2D eigenvalue weighted by atomic mass is 16.7. The Morgan fingerprint density at radius 1 is 1.09 bits per heavy atom. The zero-order valence-electron chi connectivity index (χ0n) is 12.4. The van der Waals surface area contributed by atoms with Gasteiger partial charge in [0.1, 0.15) is 0 Å². The van der Waals surface area contributed by atoms with Crippen molar-refractivity contribution in [3.63, 3.8) is 0 Å². The molecule has 2 heterocycles. The fraction of sp³-hybridized carbons (Fsp3) is 0.375. The van der Waals surface area contributed by atoms with E-state index in [2.05, 4.69) is 5.32 Å².